The van der Waals surface area contributed by atoms with E-state index in [1.54, 1.807) is 30.3 Å². The molecule has 0 spiro atoms. The Morgan fingerprint density at radius 3 is 2.62 bits per heavy atom. The second-order valence-corrected chi connectivity index (χ2v) is 11.0. The number of likely N-dealkylation sites (N-methyl/N-ethyl adjacent to an activating group) is 1. The van der Waals surface area contributed by atoms with Crippen molar-refractivity contribution in [1.29, 1.82) is 0 Å². The largest absolute Gasteiger partial charge is 0.379 e. The summed E-state index contributed by atoms with van der Waals surface area (Å²) in [6.45, 7) is 2.64. The number of carbonyl (C=O) groups is 1. The Morgan fingerprint density at radius 1 is 1.12 bits per heavy atom. The molecule has 0 N–H and O–H groups in total. The fourth-order valence-electron chi connectivity index (χ4n) is 3.50. The number of morpholine rings is 1. The lowest BCUT2D eigenvalue weighted by Crippen LogP contribution is -2.40. The Kier molecular flexibility index (Phi) is 7.04. The Hall–Kier alpha value is -2.53. The van der Waals surface area contributed by atoms with Crippen molar-refractivity contribution >= 4 is 27.3 Å². The number of rotatable bonds is 8. The monoisotopic (exact) mass is 474 g/mol. The van der Waals surface area contributed by atoms with Crippen molar-refractivity contribution in [3.8, 4) is 0 Å². The van der Waals surface area contributed by atoms with Crippen LogP contribution in [0.2, 0.25) is 0 Å². The first-order valence-corrected chi connectivity index (χ1v) is 12.6. The van der Waals surface area contributed by atoms with Gasteiger partial charge in [0.1, 0.15) is 4.21 Å². The average Bonchev–Trinajstić information content (AvgIpc) is 3.45. The fourth-order valence-corrected chi connectivity index (χ4v) is 6.41. The minimum Gasteiger partial charge on any atom is -0.379 e. The summed E-state index contributed by atoms with van der Waals surface area (Å²) in [4.78, 5) is 15.1. The highest BCUT2D eigenvalue weighted by molar-refractivity contribution is 7.91. The molecule has 4 rings (SSSR count). The van der Waals surface area contributed by atoms with E-state index in [1.165, 1.54) is 4.31 Å². The predicted octanol–water partition coefficient (Wildman–Crippen LogP) is 2.21. The summed E-state index contributed by atoms with van der Waals surface area (Å²) in [5, 5.41) is 4.38. The molecule has 0 saturated carbocycles. The van der Waals surface area contributed by atoms with Crippen LogP contribution in [0.15, 0.2) is 59.1 Å². The van der Waals surface area contributed by atoms with Gasteiger partial charge in [-0.2, -0.15) is 9.40 Å². The highest BCUT2D eigenvalue weighted by Crippen LogP contribution is 2.26. The van der Waals surface area contributed by atoms with Crippen LogP contribution >= 0.6 is 11.3 Å². The van der Waals surface area contributed by atoms with Crippen molar-refractivity contribution in [1.82, 2.24) is 19.0 Å². The SMILES string of the molecule is CN(Cc1cnn(Cc2ccccc2)c1)C(=O)Cc1ccc(S(=O)(=O)N2CCOCC2)s1. The van der Waals surface area contributed by atoms with Crippen LogP contribution in [0.1, 0.15) is 16.0 Å². The van der Waals surface area contributed by atoms with Crippen LogP contribution < -0.4 is 0 Å². The zero-order chi connectivity index (χ0) is 22.6. The highest BCUT2D eigenvalue weighted by atomic mass is 32.2. The fraction of sp³-hybridized carbons (Fsp3) is 0.364. The van der Waals surface area contributed by atoms with E-state index in [9.17, 15) is 13.2 Å². The van der Waals surface area contributed by atoms with Crippen LogP contribution in [0.3, 0.4) is 0 Å². The van der Waals surface area contributed by atoms with E-state index in [2.05, 4.69) is 5.10 Å². The van der Waals surface area contributed by atoms with Gasteiger partial charge in [-0.15, -0.1) is 11.3 Å². The van der Waals surface area contributed by atoms with Crippen LogP contribution in [-0.4, -0.2) is 66.7 Å². The van der Waals surface area contributed by atoms with Crippen LogP contribution in [0.5, 0.6) is 0 Å². The van der Waals surface area contributed by atoms with Crippen molar-refractivity contribution in [2.45, 2.75) is 23.7 Å². The Morgan fingerprint density at radius 2 is 1.88 bits per heavy atom. The summed E-state index contributed by atoms with van der Waals surface area (Å²) >= 11 is 1.16. The lowest BCUT2D eigenvalue weighted by Gasteiger charge is -2.25. The van der Waals surface area contributed by atoms with E-state index < -0.39 is 10.0 Å². The summed E-state index contributed by atoms with van der Waals surface area (Å²) in [5.41, 5.74) is 2.10. The molecule has 0 atom stereocenters. The molecule has 32 heavy (non-hydrogen) atoms. The molecule has 170 valence electrons. The molecule has 3 aromatic rings. The summed E-state index contributed by atoms with van der Waals surface area (Å²) in [7, 11) is -1.79. The molecule has 1 aromatic carbocycles. The third-order valence-electron chi connectivity index (χ3n) is 5.25. The van der Waals surface area contributed by atoms with E-state index in [-0.39, 0.29) is 16.5 Å². The number of amides is 1. The maximum atomic E-state index is 12.8. The predicted molar refractivity (Wildman–Crippen MR) is 122 cm³/mol. The first-order valence-electron chi connectivity index (χ1n) is 10.4. The first kappa shape index (κ1) is 22.7. The smallest absolute Gasteiger partial charge is 0.252 e. The second-order valence-electron chi connectivity index (χ2n) is 7.70. The van der Waals surface area contributed by atoms with Gasteiger partial charge >= 0.3 is 0 Å². The van der Waals surface area contributed by atoms with Crippen LogP contribution in [-0.2, 0) is 39.1 Å². The van der Waals surface area contributed by atoms with Gasteiger partial charge in [-0.25, -0.2) is 8.42 Å². The van der Waals surface area contributed by atoms with Crippen molar-refractivity contribution in [3.05, 3.63) is 70.9 Å². The minimum atomic E-state index is -3.53. The van der Waals surface area contributed by atoms with Gasteiger partial charge in [-0.1, -0.05) is 30.3 Å². The molecule has 8 nitrogen and oxygen atoms in total. The molecule has 0 radical (unpaired) electrons. The number of hydrogen-bond donors (Lipinski definition) is 0. The number of sulfonamides is 1. The van der Waals surface area contributed by atoms with Crippen LogP contribution in [0.4, 0.5) is 0 Å². The number of thiophene rings is 1. The van der Waals surface area contributed by atoms with Crippen LogP contribution in [0, 0.1) is 0 Å². The number of hydrogen-bond acceptors (Lipinski definition) is 6. The number of nitrogens with zero attached hydrogens (tertiary/aromatic N) is 4. The molecule has 1 fully saturated rings. The van der Waals surface area contributed by atoms with Gasteiger partial charge in [0.15, 0.2) is 0 Å². The van der Waals surface area contributed by atoms with Gasteiger partial charge in [0.05, 0.1) is 32.4 Å². The van der Waals surface area contributed by atoms with Gasteiger partial charge in [-0.3, -0.25) is 9.48 Å². The molecule has 2 aromatic heterocycles. The molecule has 1 amide bonds. The molecule has 1 aliphatic rings. The average molecular weight is 475 g/mol. The van der Waals surface area contributed by atoms with Crippen LogP contribution in [0.25, 0.3) is 0 Å². The van der Waals surface area contributed by atoms with Gasteiger partial charge in [0.2, 0.25) is 5.91 Å². The quantitative estimate of drug-likeness (QED) is 0.500. The third kappa shape index (κ3) is 5.44. The molecule has 1 saturated heterocycles. The number of carbonyl (C=O) groups excluding carboxylic acids is 1. The number of benzene rings is 1. The number of ether oxygens (including phenoxy) is 1. The topological polar surface area (TPSA) is 84.7 Å². The van der Waals surface area contributed by atoms with E-state index in [4.69, 9.17) is 4.74 Å². The van der Waals surface area contributed by atoms with E-state index in [1.807, 2.05) is 41.2 Å². The molecule has 0 unspecified atom stereocenters. The summed E-state index contributed by atoms with van der Waals surface area (Å²) in [5.74, 6) is -0.0713. The van der Waals surface area contributed by atoms with Crippen molar-refractivity contribution < 1.29 is 17.9 Å². The standard InChI is InChI=1S/C22H26N4O4S2/c1-24(15-19-14-23-25(17-19)16-18-5-3-2-4-6-18)21(27)13-20-7-8-22(31-20)32(28,29)26-9-11-30-12-10-26/h2-8,14,17H,9-13,15-16H2,1H3. The lowest BCUT2D eigenvalue weighted by atomic mass is 10.2. The number of aromatic nitrogens is 2. The van der Waals surface area contributed by atoms with Gasteiger partial charge in [-0.05, 0) is 17.7 Å². The molecule has 1 aliphatic heterocycles. The molecule has 0 bridgehead atoms. The summed E-state index contributed by atoms with van der Waals surface area (Å²) < 4.78 is 34.3. The van der Waals surface area contributed by atoms with Gasteiger partial charge in [0.25, 0.3) is 10.0 Å². The van der Waals surface area contributed by atoms with Crippen molar-refractivity contribution in [2.75, 3.05) is 33.4 Å². The molecular weight excluding hydrogens is 448 g/mol. The third-order valence-corrected chi connectivity index (χ3v) is 8.70. The van der Waals surface area contributed by atoms with E-state index in [0.717, 1.165) is 27.3 Å². The normalized spacial score (nSPS) is 15.0. The molecule has 3 heterocycles. The van der Waals surface area contributed by atoms with Gasteiger partial charge < -0.3 is 9.64 Å². The maximum Gasteiger partial charge on any atom is 0.252 e. The first-order chi connectivity index (χ1) is 15.4. The molecule has 10 heteroatoms. The van der Waals surface area contributed by atoms with E-state index in [0.29, 0.717) is 39.4 Å². The lowest BCUT2D eigenvalue weighted by molar-refractivity contribution is -0.129. The van der Waals surface area contributed by atoms with Crippen molar-refractivity contribution in [2.24, 2.45) is 0 Å². The molecular formula is C22H26N4O4S2. The minimum absolute atomic E-state index is 0.0713. The summed E-state index contributed by atoms with van der Waals surface area (Å²) in [6, 6.07) is 13.4. The Bertz CT molecular complexity index is 1150. The Balaban J connectivity index is 1.33. The Labute approximate surface area is 192 Å². The maximum absolute atomic E-state index is 12.8. The van der Waals surface area contributed by atoms with E-state index >= 15 is 0 Å². The summed E-state index contributed by atoms with van der Waals surface area (Å²) in [6.07, 6.45) is 3.87. The second kappa shape index (κ2) is 9.95. The zero-order valence-electron chi connectivity index (χ0n) is 17.9. The highest BCUT2D eigenvalue weighted by Gasteiger charge is 2.28. The zero-order valence-corrected chi connectivity index (χ0v) is 19.5. The van der Waals surface area contributed by atoms with Crippen molar-refractivity contribution in [3.63, 3.8) is 0 Å². The molecule has 0 aliphatic carbocycles. The van der Waals surface area contributed by atoms with Gasteiger partial charge in [0, 0.05) is 43.3 Å².